The van der Waals surface area contributed by atoms with Gasteiger partial charge in [-0.25, -0.2) is 0 Å². The maximum Gasteiger partial charge on any atom is 0.262 e. The van der Waals surface area contributed by atoms with E-state index in [1.165, 1.54) is 0 Å². The largest absolute Gasteiger partial charge is 0.482 e. The Hall–Kier alpha value is -1.66. The topological polar surface area (TPSA) is 38.3 Å². The van der Waals surface area contributed by atoms with Crippen LogP contribution in [0.15, 0.2) is 18.2 Å². The van der Waals surface area contributed by atoms with Gasteiger partial charge in [-0.05, 0) is 18.2 Å². The number of carbonyl (C=O) groups excluding carboxylic acids is 1. The highest BCUT2D eigenvalue weighted by Crippen LogP contribution is 2.28. The fourth-order valence-corrected chi connectivity index (χ4v) is 1.35. The molecule has 1 aliphatic rings. The molecule has 0 saturated carbocycles. The van der Waals surface area contributed by atoms with E-state index in [0.717, 1.165) is 5.56 Å². The maximum atomic E-state index is 11.0. The minimum Gasteiger partial charge on any atom is -0.482 e. The molecule has 1 heterocycles. The molecule has 1 aromatic carbocycles. The molecule has 3 nitrogen and oxygen atoms in total. The Morgan fingerprint density at radius 2 is 2.40 bits per heavy atom. The van der Waals surface area contributed by atoms with Gasteiger partial charge < -0.3 is 10.1 Å². The summed E-state index contributed by atoms with van der Waals surface area (Å²) >= 11 is 5.45. The monoisotopic (exact) mass is 221 g/mol. The highest BCUT2D eigenvalue weighted by Gasteiger charge is 2.15. The zero-order valence-electron chi connectivity index (χ0n) is 7.84. The van der Waals surface area contributed by atoms with Gasteiger partial charge in [0.1, 0.15) is 5.75 Å². The zero-order chi connectivity index (χ0) is 10.7. The van der Waals surface area contributed by atoms with Crippen molar-refractivity contribution in [3.8, 4) is 17.6 Å². The second-order valence-electron chi connectivity index (χ2n) is 2.98. The van der Waals surface area contributed by atoms with Crippen LogP contribution in [-0.2, 0) is 4.79 Å². The lowest BCUT2D eigenvalue weighted by atomic mass is 10.2. The fourth-order valence-electron chi connectivity index (χ4n) is 1.29. The summed E-state index contributed by atoms with van der Waals surface area (Å²) in [5.41, 5.74) is 1.51. The van der Waals surface area contributed by atoms with E-state index in [4.69, 9.17) is 16.3 Å². The van der Waals surface area contributed by atoms with Crippen LogP contribution in [0.5, 0.6) is 5.75 Å². The van der Waals surface area contributed by atoms with Crippen LogP contribution in [0.4, 0.5) is 5.69 Å². The molecule has 0 fully saturated rings. The van der Waals surface area contributed by atoms with Crippen molar-refractivity contribution in [1.29, 1.82) is 0 Å². The third-order valence-corrected chi connectivity index (χ3v) is 2.05. The molecule has 0 unspecified atom stereocenters. The Bertz CT molecular complexity index is 459. The number of rotatable bonds is 0. The van der Waals surface area contributed by atoms with Gasteiger partial charge >= 0.3 is 0 Å². The van der Waals surface area contributed by atoms with Crippen molar-refractivity contribution in [2.75, 3.05) is 17.8 Å². The Morgan fingerprint density at radius 1 is 1.53 bits per heavy atom. The van der Waals surface area contributed by atoms with Crippen molar-refractivity contribution in [1.82, 2.24) is 0 Å². The number of alkyl halides is 1. The van der Waals surface area contributed by atoms with Gasteiger partial charge in [-0.15, -0.1) is 11.6 Å². The van der Waals surface area contributed by atoms with Crippen LogP contribution < -0.4 is 10.1 Å². The summed E-state index contributed by atoms with van der Waals surface area (Å²) < 4.78 is 5.24. The molecule has 1 amide bonds. The molecule has 1 aromatic rings. The first kappa shape index (κ1) is 9.88. The van der Waals surface area contributed by atoms with E-state index in [9.17, 15) is 4.79 Å². The van der Waals surface area contributed by atoms with Gasteiger partial charge in [0, 0.05) is 5.56 Å². The Balaban J connectivity index is 2.30. The molecule has 0 atom stereocenters. The number of amides is 1. The summed E-state index contributed by atoms with van der Waals surface area (Å²) in [4.78, 5) is 11.0. The number of carbonyl (C=O) groups is 1. The molecule has 1 N–H and O–H groups in total. The average Bonchev–Trinajstić information content (AvgIpc) is 2.26. The summed E-state index contributed by atoms with van der Waals surface area (Å²) in [6.45, 7) is 0.0549. The van der Waals surface area contributed by atoms with Crippen LogP contribution in [0.25, 0.3) is 0 Å². The van der Waals surface area contributed by atoms with Gasteiger partial charge in [-0.2, -0.15) is 0 Å². The van der Waals surface area contributed by atoms with Crippen molar-refractivity contribution in [2.45, 2.75) is 0 Å². The van der Waals surface area contributed by atoms with Crippen LogP contribution in [0.1, 0.15) is 5.56 Å². The molecule has 0 aliphatic carbocycles. The van der Waals surface area contributed by atoms with E-state index in [0.29, 0.717) is 17.3 Å². The number of benzene rings is 1. The molecular weight excluding hydrogens is 214 g/mol. The molecule has 76 valence electrons. The lowest BCUT2D eigenvalue weighted by Crippen LogP contribution is -2.25. The van der Waals surface area contributed by atoms with Crippen LogP contribution >= 0.6 is 11.6 Å². The highest BCUT2D eigenvalue weighted by atomic mass is 35.5. The quantitative estimate of drug-likeness (QED) is 0.534. The SMILES string of the molecule is O=C1COc2cc(C#CCCl)ccc2N1. The number of hydrogen-bond donors (Lipinski definition) is 1. The van der Waals surface area contributed by atoms with Crippen LogP contribution in [0.3, 0.4) is 0 Å². The molecule has 1 aliphatic heterocycles. The van der Waals surface area contributed by atoms with Gasteiger partial charge in [0.25, 0.3) is 5.91 Å². The summed E-state index contributed by atoms with van der Waals surface area (Å²) in [7, 11) is 0. The number of hydrogen-bond acceptors (Lipinski definition) is 2. The number of halogens is 1. The minimum atomic E-state index is -0.137. The molecule has 0 bridgehead atoms. The van der Waals surface area contributed by atoms with Gasteiger partial charge in [0.05, 0.1) is 11.6 Å². The van der Waals surface area contributed by atoms with E-state index in [-0.39, 0.29) is 12.5 Å². The summed E-state index contributed by atoms with van der Waals surface area (Å²) in [5.74, 6) is 6.45. The molecule has 0 spiro atoms. The van der Waals surface area contributed by atoms with Crippen molar-refractivity contribution >= 4 is 23.2 Å². The van der Waals surface area contributed by atoms with E-state index in [1.807, 2.05) is 6.07 Å². The first-order chi connectivity index (χ1) is 7.29. The maximum absolute atomic E-state index is 11.0. The lowest BCUT2D eigenvalue weighted by Gasteiger charge is -2.17. The summed E-state index contributed by atoms with van der Waals surface area (Å²) in [6, 6.07) is 5.37. The lowest BCUT2D eigenvalue weighted by molar-refractivity contribution is -0.118. The molecule has 15 heavy (non-hydrogen) atoms. The van der Waals surface area contributed by atoms with Crippen LogP contribution in [0, 0.1) is 11.8 Å². The van der Waals surface area contributed by atoms with Crippen molar-refractivity contribution in [3.05, 3.63) is 23.8 Å². The molecule has 4 heteroatoms. The summed E-state index contributed by atoms with van der Waals surface area (Å²) in [6.07, 6.45) is 0. The number of nitrogens with one attached hydrogen (secondary N) is 1. The zero-order valence-corrected chi connectivity index (χ0v) is 8.60. The predicted octanol–water partition coefficient (Wildman–Crippen LogP) is 1.61. The van der Waals surface area contributed by atoms with Gasteiger partial charge in [-0.1, -0.05) is 11.8 Å². The van der Waals surface area contributed by atoms with Crippen molar-refractivity contribution in [2.24, 2.45) is 0 Å². The predicted molar refractivity (Wildman–Crippen MR) is 58.2 cm³/mol. The second-order valence-corrected chi connectivity index (χ2v) is 3.25. The smallest absolute Gasteiger partial charge is 0.262 e. The number of fused-ring (bicyclic) bond motifs is 1. The second kappa shape index (κ2) is 4.24. The van der Waals surface area contributed by atoms with Gasteiger partial charge in [-0.3, -0.25) is 4.79 Å². The van der Waals surface area contributed by atoms with E-state index in [1.54, 1.807) is 12.1 Å². The standard InChI is InChI=1S/C11H8ClNO2/c12-5-1-2-8-3-4-9-10(6-8)15-7-11(14)13-9/h3-4,6H,5,7H2,(H,13,14). The van der Waals surface area contributed by atoms with E-state index < -0.39 is 0 Å². The molecular formula is C11H8ClNO2. The summed E-state index contributed by atoms with van der Waals surface area (Å²) in [5, 5.41) is 2.70. The highest BCUT2D eigenvalue weighted by molar-refractivity contribution is 6.19. The van der Waals surface area contributed by atoms with Crippen molar-refractivity contribution in [3.63, 3.8) is 0 Å². The Kier molecular flexibility index (Phi) is 2.79. The first-order valence-electron chi connectivity index (χ1n) is 4.41. The molecule has 0 radical (unpaired) electrons. The molecule has 0 aromatic heterocycles. The number of ether oxygens (including phenoxy) is 1. The third kappa shape index (κ3) is 2.23. The van der Waals surface area contributed by atoms with Gasteiger partial charge in [0.15, 0.2) is 6.61 Å². The number of anilines is 1. The normalized spacial score (nSPS) is 13.0. The van der Waals surface area contributed by atoms with Crippen molar-refractivity contribution < 1.29 is 9.53 Å². The Labute approximate surface area is 92.4 Å². The van der Waals surface area contributed by atoms with E-state index >= 15 is 0 Å². The third-order valence-electron chi connectivity index (χ3n) is 1.91. The molecule has 0 saturated heterocycles. The van der Waals surface area contributed by atoms with E-state index in [2.05, 4.69) is 17.2 Å². The Morgan fingerprint density at radius 3 is 3.20 bits per heavy atom. The fraction of sp³-hybridized carbons (Fsp3) is 0.182. The molecule has 2 rings (SSSR count). The average molecular weight is 222 g/mol. The van der Waals surface area contributed by atoms with Crippen LogP contribution in [0.2, 0.25) is 0 Å². The van der Waals surface area contributed by atoms with Gasteiger partial charge in [0.2, 0.25) is 0 Å². The minimum absolute atomic E-state index is 0.0549. The van der Waals surface area contributed by atoms with Crippen LogP contribution in [-0.4, -0.2) is 18.4 Å². The first-order valence-corrected chi connectivity index (χ1v) is 4.94.